The van der Waals surface area contributed by atoms with E-state index in [1.54, 1.807) is 29.3 Å². The van der Waals surface area contributed by atoms with Gasteiger partial charge in [0.25, 0.3) is 12.6 Å². The van der Waals surface area contributed by atoms with Crippen LogP contribution in [0.4, 0.5) is 15.0 Å². The Labute approximate surface area is 217 Å². The molecule has 0 unspecified atom stereocenters. The van der Waals surface area contributed by atoms with Crippen molar-refractivity contribution in [2.75, 3.05) is 18.4 Å². The highest BCUT2D eigenvalue weighted by atomic mass is 19.1. The first-order valence-electron chi connectivity index (χ1n) is 12.5. The molecular weight excluding hydrogens is 470 g/mol. The Morgan fingerprint density at radius 1 is 1.16 bits per heavy atom. The topological polar surface area (TPSA) is 95.3 Å². The van der Waals surface area contributed by atoms with E-state index in [4.69, 9.17) is 10.00 Å². The van der Waals surface area contributed by atoms with Crippen molar-refractivity contribution in [3.05, 3.63) is 71.2 Å². The van der Waals surface area contributed by atoms with Crippen molar-refractivity contribution >= 4 is 35.7 Å². The summed E-state index contributed by atoms with van der Waals surface area (Å²) in [6, 6.07) is 8.03. The second-order valence-electron chi connectivity index (χ2n) is 10.3. The SMILES string of the molecule is CC(C)(C)OC(=O)N1CC=C(c2ccc(NC(=O)c3ccc(C4=CCB(C#N)CC4)c(F)c3)nc2)CC1. The van der Waals surface area contributed by atoms with E-state index in [0.717, 1.165) is 16.7 Å². The van der Waals surface area contributed by atoms with Crippen LogP contribution < -0.4 is 5.32 Å². The van der Waals surface area contributed by atoms with Gasteiger partial charge in [0, 0.05) is 36.4 Å². The van der Waals surface area contributed by atoms with Crippen molar-refractivity contribution in [1.82, 2.24) is 9.88 Å². The van der Waals surface area contributed by atoms with Crippen molar-refractivity contribution in [3.8, 4) is 5.97 Å². The number of amides is 2. The van der Waals surface area contributed by atoms with Gasteiger partial charge in [0.2, 0.25) is 0 Å². The molecule has 2 aliphatic rings. The standard InChI is InChI=1S/C28H30BFN4O3/c1-28(2,3)37-27(36)34-14-10-19(11-15-34)22-5-7-25(32-17-22)33-26(35)21-4-6-23(24(30)16-21)20-8-12-29(18-31)13-9-20/h4-8,10,16-17H,9,11-15H2,1-3H3,(H,32,33,35). The van der Waals surface area contributed by atoms with E-state index in [-0.39, 0.29) is 18.4 Å². The maximum absolute atomic E-state index is 14.8. The fourth-order valence-corrected chi connectivity index (χ4v) is 4.38. The number of pyridine rings is 1. The molecule has 0 spiro atoms. The number of halogens is 1. The minimum atomic E-state index is -0.533. The van der Waals surface area contributed by atoms with Crippen LogP contribution in [0.15, 0.2) is 48.7 Å². The van der Waals surface area contributed by atoms with Crippen LogP contribution in [0.2, 0.25) is 12.6 Å². The van der Waals surface area contributed by atoms with Gasteiger partial charge in [-0.15, -0.1) is 0 Å². The molecule has 2 aliphatic heterocycles. The van der Waals surface area contributed by atoms with Gasteiger partial charge >= 0.3 is 6.09 Å². The van der Waals surface area contributed by atoms with Gasteiger partial charge in [0.1, 0.15) is 17.2 Å². The molecule has 2 aromatic rings. The van der Waals surface area contributed by atoms with Crippen LogP contribution in [0.5, 0.6) is 0 Å². The summed E-state index contributed by atoms with van der Waals surface area (Å²) in [6.45, 7) is 6.52. The third-order valence-electron chi connectivity index (χ3n) is 6.41. The summed E-state index contributed by atoms with van der Waals surface area (Å²) in [5.74, 6) is 1.71. The summed E-state index contributed by atoms with van der Waals surface area (Å²) >= 11 is 0. The fraction of sp³-hybridized carbons (Fsp3) is 0.357. The first-order valence-corrected chi connectivity index (χ1v) is 12.5. The van der Waals surface area contributed by atoms with Crippen molar-refractivity contribution in [3.63, 3.8) is 0 Å². The molecule has 7 nitrogen and oxygen atoms in total. The molecule has 2 amide bonds. The molecule has 3 heterocycles. The first kappa shape index (κ1) is 26.1. The normalized spacial score (nSPS) is 15.9. The van der Waals surface area contributed by atoms with Crippen LogP contribution in [0.1, 0.15) is 55.1 Å². The second kappa shape index (κ2) is 11.0. The number of aromatic nitrogens is 1. The Hall–Kier alpha value is -3.93. The zero-order valence-electron chi connectivity index (χ0n) is 21.4. The quantitative estimate of drug-likeness (QED) is 0.532. The van der Waals surface area contributed by atoms with Crippen molar-refractivity contribution in [2.24, 2.45) is 0 Å². The molecule has 0 fully saturated rings. The van der Waals surface area contributed by atoms with Gasteiger partial charge in [-0.2, -0.15) is 0 Å². The maximum Gasteiger partial charge on any atom is 0.410 e. The summed E-state index contributed by atoms with van der Waals surface area (Å²) < 4.78 is 20.2. The predicted octanol–water partition coefficient (Wildman–Crippen LogP) is 5.84. The van der Waals surface area contributed by atoms with Gasteiger partial charge in [0.15, 0.2) is 0 Å². The number of nitriles is 1. The van der Waals surface area contributed by atoms with E-state index in [2.05, 4.69) is 16.3 Å². The minimum absolute atomic E-state index is 0.0166. The van der Waals surface area contributed by atoms with E-state index in [9.17, 15) is 14.0 Å². The highest BCUT2D eigenvalue weighted by Crippen LogP contribution is 2.30. The van der Waals surface area contributed by atoms with Crippen molar-refractivity contribution < 1.29 is 18.7 Å². The van der Waals surface area contributed by atoms with Gasteiger partial charge in [0.05, 0.1) is 0 Å². The number of carbonyl (C=O) groups is 2. The lowest BCUT2D eigenvalue weighted by atomic mass is 9.43. The molecule has 9 heteroatoms. The summed E-state index contributed by atoms with van der Waals surface area (Å²) in [7, 11) is 0. The van der Waals surface area contributed by atoms with Crippen LogP contribution in [0.3, 0.4) is 0 Å². The van der Waals surface area contributed by atoms with Gasteiger partial charge in [-0.25, -0.2) is 19.4 Å². The number of rotatable bonds is 4. The Kier molecular flexibility index (Phi) is 7.77. The fourth-order valence-electron chi connectivity index (χ4n) is 4.38. The number of hydrogen-bond donors (Lipinski definition) is 1. The molecule has 0 radical (unpaired) electrons. The monoisotopic (exact) mass is 500 g/mol. The largest absolute Gasteiger partial charge is 0.444 e. The Balaban J connectivity index is 1.36. The molecule has 1 aromatic carbocycles. The first-order chi connectivity index (χ1) is 17.6. The summed E-state index contributed by atoms with van der Waals surface area (Å²) in [4.78, 5) is 30.9. The number of hydrogen-bond acceptors (Lipinski definition) is 5. The van der Waals surface area contributed by atoms with Crippen LogP contribution >= 0.6 is 0 Å². The van der Waals surface area contributed by atoms with E-state index >= 15 is 0 Å². The van der Waals surface area contributed by atoms with E-state index in [0.29, 0.717) is 50.0 Å². The molecule has 1 aromatic heterocycles. The van der Waals surface area contributed by atoms with Crippen LogP contribution in [-0.4, -0.2) is 47.3 Å². The molecule has 0 saturated heterocycles. The summed E-state index contributed by atoms with van der Waals surface area (Å²) in [6.07, 6.45) is 7.90. The average molecular weight is 500 g/mol. The van der Waals surface area contributed by atoms with E-state index in [1.807, 2.05) is 39.0 Å². The van der Waals surface area contributed by atoms with Gasteiger partial charge < -0.3 is 15.0 Å². The molecule has 0 atom stereocenters. The zero-order chi connectivity index (χ0) is 26.6. The second-order valence-corrected chi connectivity index (χ2v) is 10.3. The Morgan fingerprint density at radius 3 is 2.54 bits per heavy atom. The predicted molar refractivity (Wildman–Crippen MR) is 143 cm³/mol. The number of nitrogens with one attached hydrogen (secondary N) is 1. The molecule has 190 valence electrons. The highest BCUT2D eigenvalue weighted by Gasteiger charge is 2.24. The molecular formula is C28H30BFN4O3. The van der Waals surface area contributed by atoms with Gasteiger partial charge in [-0.1, -0.05) is 24.5 Å². The third kappa shape index (κ3) is 6.65. The van der Waals surface area contributed by atoms with Gasteiger partial charge in [-0.05, 0) is 80.9 Å². The molecule has 0 aliphatic carbocycles. The van der Waals surface area contributed by atoms with Gasteiger partial charge in [-0.3, -0.25) is 4.79 Å². The maximum atomic E-state index is 14.8. The third-order valence-corrected chi connectivity index (χ3v) is 6.41. The molecule has 0 saturated carbocycles. The molecule has 1 N–H and O–H groups in total. The molecule has 37 heavy (non-hydrogen) atoms. The summed E-state index contributed by atoms with van der Waals surface area (Å²) in [5, 5.41) is 11.8. The van der Waals surface area contributed by atoms with Crippen molar-refractivity contribution in [1.29, 1.82) is 5.26 Å². The van der Waals surface area contributed by atoms with Crippen LogP contribution in [0.25, 0.3) is 11.1 Å². The Bertz CT molecular complexity index is 1290. The Morgan fingerprint density at radius 2 is 1.97 bits per heavy atom. The highest BCUT2D eigenvalue weighted by molar-refractivity contribution is 6.67. The number of benzene rings is 1. The zero-order valence-corrected chi connectivity index (χ0v) is 21.4. The average Bonchev–Trinajstić information content (AvgIpc) is 2.88. The number of ether oxygens (including phenoxy) is 1. The van der Waals surface area contributed by atoms with E-state index < -0.39 is 17.3 Å². The number of anilines is 1. The van der Waals surface area contributed by atoms with Crippen molar-refractivity contribution in [2.45, 2.75) is 51.9 Å². The molecule has 4 rings (SSSR count). The smallest absolute Gasteiger partial charge is 0.410 e. The lowest BCUT2D eigenvalue weighted by Gasteiger charge is -2.29. The molecule has 0 bridgehead atoms. The lowest BCUT2D eigenvalue weighted by Crippen LogP contribution is -2.39. The minimum Gasteiger partial charge on any atom is -0.444 e. The number of carbonyl (C=O) groups excluding carboxylic acids is 2. The van der Waals surface area contributed by atoms with Crippen LogP contribution in [0, 0.1) is 17.0 Å². The number of allylic oxidation sites excluding steroid dienone is 2. The number of nitrogens with zero attached hydrogens (tertiary/aromatic N) is 3. The van der Waals surface area contributed by atoms with E-state index in [1.165, 1.54) is 6.07 Å². The van der Waals surface area contributed by atoms with Crippen LogP contribution in [-0.2, 0) is 4.74 Å². The lowest BCUT2D eigenvalue weighted by molar-refractivity contribution is 0.0270. The summed E-state index contributed by atoms with van der Waals surface area (Å²) in [5.41, 5.74) is 3.00.